The van der Waals surface area contributed by atoms with Crippen molar-refractivity contribution in [2.24, 2.45) is 5.73 Å². The monoisotopic (exact) mass is 249 g/mol. The number of nitrogens with two attached hydrogens (primary N) is 1. The molecule has 1 heterocycles. The molecule has 5 heteroatoms. The van der Waals surface area contributed by atoms with Gasteiger partial charge in [0.15, 0.2) is 6.23 Å². The molecule has 1 aliphatic rings. The third kappa shape index (κ3) is 2.26. The molecule has 1 aromatic carbocycles. The van der Waals surface area contributed by atoms with Crippen molar-refractivity contribution in [2.45, 2.75) is 26.1 Å². The highest BCUT2D eigenvalue weighted by Gasteiger charge is 2.26. The zero-order valence-electron chi connectivity index (χ0n) is 10.7. The molecule has 0 amide bonds. The molecule has 2 rings (SSSR count). The second-order valence-electron chi connectivity index (χ2n) is 4.24. The fourth-order valence-corrected chi connectivity index (χ4v) is 2.11. The lowest BCUT2D eigenvalue weighted by atomic mass is 10.1. The van der Waals surface area contributed by atoms with Crippen LogP contribution in [0.25, 0.3) is 0 Å². The van der Waals surface area contributed by atoms with Gasteiger partial charge in [0.25, 0.3) is 0 Å². The number of benzene rings is 1. The van der Waals surface area contributed by atoms with Crippen molar-refractivity contribution in [3.8, 4) is 5.75 Å². The van der Waals surface area contributed by atoms with E-state index in [2.05, 4.69) is 24.1 Å². The molecule has 2 unspecified atom stereocenters. The molecule has 3 N–H and O–H groups in total. The summed E-state index contributed by atoms with van der Waals surface area (Å²) in [5, 5.41) is 3.06. The van der Waals surface area contributed by atoms with Crippen LogP contribution in [0.2, 0.25) is 0 Å². The first-order chi connectivity index (χ1) is 8.69. The predicted molar refractivity (Wildman–Crippen MR) is 72.1 cm³/mol. The SMILES string of the molecule is CCN(CC)c1ccc2c(c1)OC(N)C(C=O)N2. The number of fused-ring (bicyclic) bond motifs is 1. The molecule has 0 spiro atoms. The lowest BCUT2D eigenvalue weighted by Crippen LogP contribution is -2.48. The average molecular weight is 249 g/mol. The molecule has 0 radical (unpaired) electrons. The second kappa shape index (κ2) is 5.27. The maximum absolute atomic E-state index is 10.8. The van der Waals surface area contributed by atoms with Crippen molar-refractivity contribution >= 4 is 17.7 Å². The molecule has 0 aliphatic carbocycles. The Hall–Kier alpha value is -1.75. The van der Waals surface area contributed by atoms with Crippen LogP contribution in [-0.4, -0.2) is 31.6 Å². The fraction of sp³-hybridized carbons (Fsp3) is 0.462. The van der Waals surface area contributed by atoms with Gasteiger partial charge in [0.05, 0.1) is 5.69 Å². The smallest absolute Gasteiger partial charge is 0.175 e. The van der Waals surface area contributed by atoms with Gasteiger partial charge in [0, 0.05) is 24.8 Å². The quantitative estimate of drug-likeness (QED) is 0.785. The standard InChI is InChI=1S/C13H19N3O2/c1-3-16(4-2)9-5-6-10-12(7-9)18-13(14)11(8-17)15-10/h5-8,11,13,15H,3-4,14H2,1-2H3. The van der Waals surface area contributed by atoms with E-state index in [9.17, 15) is 4.79 Å². The van der Waals surface area contributed by atoms with E-state index in [0.29, 0.717) is 5.75 Å². The summed E-state index contributed by atoms with van der Waals surface area (Å²) in [5.41, 5.74) is 7.67. The zero-order valence-corrected chi connectivity index (χ0v) is 10.7. The highest BCUT2D eigenvalue weighted by atomic mass is 16.5. The summed E-state index contributed by atoms with van der Waals surface area (Å²) < 4.78 is 5.57. The van der Waals surface area contributed by atoms with Crippen molar-refractivity contribution in [2.75, 3.05) is 23.3 Å². The van der Waals surface area contributed by atoms with E-state index in [1.54, 1.807) is 0 Å². The van der Waals surface area contributed by atoms with Crippen LogP contribution in [0.3, 0.4) is 0 Å². The van der Waals surface area contributed by atoms with E-state index >= 15 is 0 Å². The van der Waals surface area contributed by atoms with Crippen molar-refractivity contribution in [1.82, 2.24) is 0 Å². The Morgan fingerprint density at radius 3 is 2.78 bits per heavy atom. The third-order valence-corrected chi connectivity index (χ3v) is 3.18. The minimum Gasteiger partial charge on any atom is -0.471 e. The van der Waals surface area contributed by atoms with E-state index in [1.165, 1.54) is 0 Å². The number of ether oxygens (including phenoxy) is 1. The summed E-state index contributed by atoms with van der Waals surface area (Å²) in [4.78, 5) is 13.0. The largest absolute Gasteiger partial charge is 0.471 e. The van der Waals surface area contributed by atoms with Crippen molar-refractivity contribution in [3.63, 3.8) is 0 Å². The van der Waals surface area contributed by atoms with Gasteiger partial charge in [0.1, 0.15) is 18.1 Å². The van der Waals surface area contributed by atoms with Gasteiger partial charge >= 0.3 is 0 Å². The van der Waals surface area contributed by atoms with Gasteiger partial charge in [-0.1, -0.05) is 0 Å². The molecule has 18 heavy (non-hydrogen) atoms. The van der Waals surface area contributed by atoms with Crippen molar-refractivity contribution < 1.29 is 9.53 Å². The van der Waals surface area contributed by atoms with Crippen LogP contribution in [0.15, 0.2) is 18.2 Å². The van der Waals surface area contributed by atoms with E-state index in [4.69, 9.17) is 10.5 Å². The van der Waals surface area contributed by atoms with Gasteiger partial charge in [-0.05, 0) is 26.0 Å². The summed E-state index contributed by atoms with van der Waals surface area (Å²) in [6.07, 6.45) is 0.133. The van der Waals surface area contributed by atoms with Crippen LogP contribution >= 0.6 is 0 Å². The summed E-state index contributed by atoms with van der Waals surface area (Å²) in [6.45, 7) is 6.09. The molecule has 1 aromatic rings. The predicted octanol–water partition coefficient (Wildman–Crippen LogP) is 1.19. The number of hydrogen-bond acceptors (Lipinski definition) is 5. The Morgan fingerprint density at radius 2 is 2.17 bits per heavy atom. The van der Waals surface area contributed by atoms with Crippen molar-refractivity contribution in [1.29, 1.82) is 0 Å². The Bertz CT molecular complexity index is 432. The number of carbonyl (C=O) groups is 1. The maximum atomic E-state index is 10.8. The first-order valence-corrected chi connectivity index (χ1v) is 6.22. The van der Waals surface area contributed by atoms with E-state index in [1.807, 2.05) is 18.2 Å². The van der Waals surface area contributed by atoms with Gasteiger partial charge in [-0.2, -0.15) is 0 Å². The molecule has 0 aromatic heterocycles. The van der Waals surface area contributed by atoms with Crippen LogP contribution in [0, 0.1) is 0 Å². The zero-order chi connectivity index (χ0) is 13.1. The van der Waals surface area contributed by atoms with E-state index < -0.39 is 12.3 Å². The van der Waals surface area contributed by atoms with Gasteiger partial charge in [0.2, 0.25) is 0 Å². The molecule has 0 saturated carbocycles. The number of hydrogen-bond donors (Lipinski definition) is 2. The fourth-order valence-electron chi connectivity index (χ4n) is 2.11. The molecular weight excluding hydrogens is 230 g/mol. The van der Waals surface area contributed by atoms with Gasteiger partial charge in [-0.15, -0.1) is 0 Å². The Morgan fingerprint density at radius 1 is 1.44 bits per heavy atom. The van der Waals surface area contributed by atoms with Crippen molar-refractivity contribution in [3.05, 3.63) is 18.2 Å². The lowest BCUT2D eigenvalue weighted by Gasteiger charge is -2.31. The Labute approximate surface area is 107 Å². The molecule has 0 bridgehead atoms. The summed E-state index contributed by atoms with van der Waals surface area (Å²) in [7, 11) is 0. The van der Waals surface area contributed by atoms with Crippen LogP contribution in [0.5, 0.6) is 5.75 Å². The number of carbonyl (C=O) groups excluding carboxylic acids is 1. The highest BCUT2D eigenvalue weighted by Crippen LogP contribution is 2.33. The Balaban J connectivity index is 2.28. The van der Waals surface area contributed by atoms with Crippen LogP contribution in [0.4, 0.5) is 11.4 Å². The summed E-state index contributed by atoms with van der Waals surface area (Å²) >= 11 is 0. The minimum absolute atomic E-state index is 0.489. The number of rotatable bonds is 4. The van der Waals surface area contributed by atoms with Crippen LogP contribution < -0.4 is 20.7 Å². The average Bonchev–Trinajstić information content (AvgIpc) is 2.39. The molecule has 5 nitrogen and oxygen atoms in total. The molecule has 2 atom stereocenters. The number of nitrogens with one attached hydrogen (secondary N) is 1. The molecule has 98 valence electrons. The number of anilines is 2. The highest BCUT2D eigenvalue weighted by molar-refractivity contribution is 5.72. The lowest BCUT2D eigenvalue weighted by molar-refractivity contribution is -0.110. The molecule has 0 saturated heterocycles. The van der Waals surface area contributed by atoms with Gasteiger partial charge < -0.3 is 19.7 Å². The Kier molecular flexibility index (Phi) is 3.72. The first-order valence-electron chi connectivity index (χ1n) is 6.22. The maximum Gasteiger partial charge on any atom is 0.175 e. The molecular formula is C13H19N3O2. The minimum atomic E-state index is -0.637. The van der Waals surface area contributed by atoms with Crippen LogP contribution in [-0.2, 0) is 4.79 Å². The third-order valence-electron chi connectivity index (χ3n) is 3.18. The number of nitrogens with zero attached hydrogens (tertiary/aromatic N) is 1. The first kappa shape index (κ1) is 12.7. The molecule has 1 aliphatic heterocycles. The van der Waals surface area contributed by atoms with E-state index in [-0.39, 0.29) is 0 Å². The van der Waals surface area contributed by atoms with Gasteiger partial charge in [-0.3, -0.25) is 5.73 Å². The van der Waals surface area contributed by atoms with Gasteiger partial charge in [-0.25, -0.2) is 0 Å². The van der Waals surface area contributed by atoms with E-state index in [0.717, 1.165) is 30.8 Å². The topological polar surface area (TPSA) is 67.6 Å². The normalized spacial score (nSPS) is 21.5. The number of aldehydes is 1. The summed E-state index contributed by atoms with van der Waals surface area (Å²) in [5.74, 6) is 0.699. The van der Waals surface area contributed by atoms with Crippen LogP contribution in [0.1, 0.15) is 13.8 Å². The second-order valence-corrected chi connectivity index (χ2v) is 4.24. The summed E-state index contributed by atoms with van der Waals surface area (Å²) in [6, 6.07) is 5.40. The molecule has 0 fully saturated rings.